The van der Waals surface area contributed by atoms with E-state index < -0.39 is 53.4 Å². The minimum absolute atomic E-state index is 0.00428. The molecule has 0 aliphatic heterocycles. The molecule has 47 heavy (non-hydrogen) atoms. The van der Waals surface area contributed by atoms with E-state index in [0.717, 1.165) is 70.6 Å². The number of Topliss-reactive ketones (excluding diaryl/α,β-unsaturated/α-hetero) is 3. The lowest BCUT2D eigenvalue weighted by molar-refractivity contribution is -0.145. The van der Waals surface area contributed by atoms with Crippen molar-refractivity contribution in [3.05, 3.63) is 0 Å². The van der Waals surface area contributed by atoms with E-state index >= 15 is 0 Å². The first-order valence-electron chi connectivity index (χ1n) is 16.9. The van der Waals surface area contributed by atoms with E-state index in [2.05, 4.69) is 5.32 Å². The fourth-order valence-electron chi connectivity index (χ4n) is 5.26. The zero-order chi connectivity index (χ0) is 35.6. The molecule has 5 N–H and O–H groups in total. The molecule has 0 unspecified atom stereocenters. The van der Waals surface area contributed by atoms with Crippen LogP contribution < -0.4 is 5.32 Å². The van der Waals surface area contributed by atoms with Crippen molar-refractivity contribution in [3.63, 3.8) is 0 Å². The maximum Gasteiger partial charge on any atom is 0.326 e. The lowest BCUT2D eigenvalue weighted by atomic mass is 9.93. The number of unbranched alkanes of at least 4 members (excludes halogenated alkanes) is 11. The molecule has 0 radical (unpaired) electrons. The highest BCUT2D eigenvalue weighted by molar-refractivity contribution is 5.87. The number of rotatable bonds is 32. The van der Waals surface area contributed by atoms with Crippen molar-refractivity contribution in [1.29, 1.82) is 0 Å². The van der Waals surface area contributed by atoms with Gasteiger partial charge in [-0.3, -0.25) is 28.8 Å². The SMILES string of the molecule is CC(=O)CC[C@H](CC(=O)CC[C@H](NC(=O)CC[C@H](CC(=O)CCCCCCCCCCCCCCC(=O)O)C(=O)O)C(=O)O)C(=O)O. The fourth-order valence-corrected chi connectivity index (χ4v) is 5.26. The summed E-state index contributed by atoms with van der Waals surface area (Å²) in [5.41, 5.74) is 0. The Labute approximate surface area is 277 Å². The van der Waals surface area contributed by atoms with Crippen LogP contribution in [-0.4, -0.2) is 73.6 Å². The van der Waals surface area contributed by atoms with Crippen molar-refractivity contribution < 1.29 is 58.8 Å². The molecule has 0 aromatic heterocycles. The summed E-state index contributed by atoms with van der Waals surface area (Å²) in [5.74, 6) is -8.40. The van der Waals surface area contributed by atoms with Crippen molar-refractivity contribution in [2.75, 3.05) is 0 Å². The predicted molar refractivity (Wildman–Crippen MR) is 172 cm³/mol. The highest BCUT2D eigenvalue weighted by Gasteiger charge is 2.26. The maximum absolute atomic E-state index is 12.4. The van der Waals surface area contributed by atoms with Crippen LogP contribution in [0.5, 0.6) is 0 Å². The standard InChI is InChI=1S/C34H55NO12/c1-24(36)16-17-25(32(42)43)23-28(38)19-20-29(34(46)47)35-30(39)21-18-26(33(44)45)22-27(37)14-12-10-8-6-4-2-3-5-7-9-11-13-15-31(40)41/h25-26,29H,2-23H2,1H3,(H,35,39)(H,40,41)(H,42,43)(H,44,45)(H,46,47)/t25-,26-,29+/m1/s1. The van der Waals surface area contributed by atoms with Crippen LogP contribution in [0.2, 0.25) is 0 Å². The second-order valence-corrected chi connectivity index (χ2v) is 12.5. The number of amides is 1. The normalized spacial score (nSPS) is 12.9. The molecule has 0 bridgehead atoms. The highest BCUT2D eigenvalue weighted by Crippen LogP contribution is 2.18. The number of carboxylic acid groups (broad SMARTS) is 4. The highest BCUT2D eigenvalue weighted by atomic mass is 16.4. The van der Waals surface area contributed by atoms with E-state index in [-0.39, 0.29) is 75.8 Å². The zero-order valence-electron chi connectivity index (χ0n) is 27.8. The van der Waals surface area contributed by atoms with E-state index in [1.165, 1.54) is 6.92 Å². The van der Waals surface area contributed by atoms with Crippen molar-refractivity contribution in [3.8, 4) is 0 Å². The van der Waals surface area contributed by atoms with Crippen LogP contribution in [0.4, 0.5) is 0 Å². The van der Waals surface area contributed by atoms with Gasteiger partial charge in [-0.25, -0.2) is 4.79 Å². The van der Waals surface area contributed by atoms with Crippen molar-refractivity contribution in [1.82, 2.24) is 5.32 Å². The number of carbonyl (C=O) groups excluding carboxylic acids is 4. The Morgan fingerprint density at radius 1 is 0.468 bits per heavy atom. The lowest BCUT2D eigenvalue weighted by Gasteiger charge is -2.16. The number of ketones is 3. The molecule has 13 nitrogen and oxygen atoms in total. The fraction of sp³-hybridized carbons (Fsp3) is 0.765. The third kappa shape index (κ3) is 25.2. The number of hydrogen-bond donors (Lipinski definition) is 5. The minimum atomic E-state index is -1.43. The Hall–Kier alpha value is -3.64. The first-order chi connectivity index (χ1) is 22.2. The average molecular weight is 670 g/mol. The van der Waals surface area contributed by atoms with Crippen molar-refractivity contribution >= 4 is 47.1 Å². The maximum atomic E-state index is 12.4. The van der Waals surface area contributed by atoms with Gasteiger partial charge in [0.15, 0.2) is 0 Å². The quantitative estimate of drug-likeness (QED) is 0.0571. The second-order valence-electron chi connectivity index (χ2n) is 12.5. The van der Waals surface area contributed by atoms with Crippen molar-refractivity contribution in [2.24, 2.45) is 11.8 Å². The zero-order valence-corrected chi connectivity index (χ0v) is 27.8. The summed E-state index contributed by atoms with van der Waals surface area (Å²) in [5, 5.41) is 39.2. The summed E-state index contributed by atoms with van der Waals surface area (Å²) in [7, 11) is 0. The molecule has 268 valence electrons. The molecule has 0 spiro atoms. The molecule has 0 saturated heterocycles. The van der Waals surface area contributed by atoms with Gasteiger partial charge in [0.1, 0.15) is 23.4 Å². The number of hydrogen-bond acceptors (Lipinski definition) is 8. The van der Waals surface area contributed by atoms with Gasteiger partial charge in [0, 0.05) is 44.9 Å². The van der Waals surface area contributed by atoms with Gasteiger partial charge in [0.25, 0.3) is 0 Å². The van der Waals surface area contributed by atoms with Gasteiger partial charge in [0.05, 0.1) is 11.8 Å². The van der Waals surface area contributed by atoms with Crippen LogP contribution >= 0.6 is 0 Å². The Bertz CT molecular complexity index is 1020. The van der Waals surface area contributed by atoms with E-state index in [0.29, 0.717) is 6.42 Å². The van der Waals surface area contributed by atoms with E-state index in [9.17, 15) is 53.7 Å². The largest absolute Gasteiger partial charge is 0.481 e. The van der Waals surface area contributed by atoms with E-state index in [1.54, 1.807) is 0 Å². The third-order valence-electron chi connectivity index (χ3n) is 8.15. The summed E-state index contributed by atoms with van der Waals surface area (Å²) < 4.78 is 0. The van der Waals surface area contributed by atoms with Gasteiger partial charge in [-0.05, 0) is 39.0 Å². The van der Waals surface area contributed by atoms with Crippen LogP contribution in [0.15, 0.2) is 0 Å². The smallest absolute Gasteiger partial charge is 0.326 e. The number of nitrogens with one attached hydrogen (secondary N) is 1. The van der Waals surface area contributed by atoms with Gasteiger partial charge in [-0.2, -0.15) is 0 Å². The second kappa shape index (κ2) is 26.4. The summed E-state index contributed by atoms with van der Waals surface area (Å²) >= 11 is 0. The molecule has 0 aromatic carbocycles. The molecular formula is C34H55NO12. The van der Waals surface area contributed by atoms with E-state index in [1.807, 2.05) is 0 Å². The summed E-state index contributed by atoms with van der Waals surface area (Å²) in [6.45, 7) is 1.31. The molecular weight excluding hydrogens is 614 g/mol. The molecule has 0 saturated carbocycles. The molecule has 0 aliphatic rings. The van der Waals surface area contributed by atoms with Gasteiger partial charge in [0.2, 0.25) is 5.91 Å². The molecule has 0 rings (SSSR count). The molecule has 0 aliphatic carbocycles. The lowest BCUT2D eigenvalue weighted by Crippen LogP contribution is -2.41. The summed E-state index contributed by atoms with van der Waals surface area (Å²) in [6, 6.07) is -1.43. The Morgan fingerprint density at radius 2 is 0.872 bits per heavy atom. The van der Waals surface area contributed by atoms with Gasteiger partial charge < -0.3 is 30.5 Å². The van der Waals surface area contributed by atoms with Crippen LogP contribution in [0, 0.1) is 11.8 Å². The third-order valence-corrected chi connectivity index (χ3v) is 8.15. The van der Waals surface area contributed by atoms with Gasteiger partial charge in [-0.1, -0.05) is 64.2 Å². The summed E-state index contributed by atoms with van der Waals surface area (Å²) in [4.78, 5) is 93.3. The average Bonchev–Trinajstić information content (AvgIpc) is 2.98. The first kappa shape index (κ1) is 43.4. The molecule has 13 heteroatoms. The molecule has 1 amide bonds. The van der Waals surface area contributed by atoms with Gasteiger partial charge >= 0.3 is 23.9 Å². The Morgan fingerprint density at radius 3 is 1.28 bits per heavy atom. The number of carbonyl (C=O) groups is 8. The molecule has 0 aromatic rings. The van der Waals surface area contributed by atoms with Crippen LogP contribution in [0.1, 0.15) is 148 Å². The van der Waals surface area contributed by atoms with Crippen molar-refractivity contribution in [2.45, 2.75) is 154 Å². The molecule has 3 atom stereocenters. The molecule has 0 fully saturated rings. The van der Waals surface area contributed by atoms with E-state index in [4.69, 9.17) is 5.11 Å². The van der Waals surface area contributed by atoms with Crippen LogP contribution in [-0.2, 0) is 38.4 Å². The Kier molecular flexibility index (Phi) is 24.4. The minimum Gasteiger partial charge on any atom is -0.481 e. The Balaban J connectivity index is 4.29. The molecule has 0 heterocycles. The van der Waals surface area contributed by atoms with Crippen LogP contribution in [0.3, 0.4) is 0 Å². The monoisotopic (exact) mass is 669 g/mol. The summed E-state index contributed by atoms with van der Waals surface area (Å²) in [6.07, 6.45) is 10.9. The predicted octanol–water partition coefficient (Wildman–Crippen LogP) is 5.35. The number of carboxylic acids is 4. The van der Waals surface area contributed by atoms with Gasteiger partial charge in [-0.15, -0.1) is 0 Å². The van der Waals surface area contributed by atoms with Crippen LogP contribution in [0.25, 0.3) is 0 Å². The first-order valence-corrected chi connectivity index (χ1v) is 16.9. The number of aliphatic carboxylic acids is 4. The topological polar surface area (TPSA) is 230 Å².